The highest BCUT2D eigenvalue weighted by molar-refractivity contribution is 7.89. The van der Waals surface area contributed by atoms with Crippen molar-refractivity contribution in [3.05, 3.63) is 12.0 Å². The summed E-state index contributed by atoms with van der Waals surface area (Å²) in [6.07, 6.45) is 3.27. The Morgan fingerprint density at radius 3 is 2.45 bits per heavy atom. The molecule has 1 aromatic heterocycles. The monoisotopic (exact) mass is 300 g/mol. The summed E-state index contributed by atoms with van der Waals surface area (Å²) in [4.78, 5) is 4.20. The molecule has 1 aromatic rings. The number of nitrogens with zero attached hydrogens (tertiary/aromatic N) is 3. The number of hydrogen-bond acceptors (Lipinski definition) is 4. The molecule has 1 saturated heterocycles. The van der Waals surface area contributed by atoms with Crippen molar-refractivity contribution in [2.45, 2.75) is 50.7 Å². The van der Waals surface area contributed by atoms with Gasteiger partial charge in [0.05, 0.1) is 0 Å². The van der Waals surface area contributed by atoms with Crippen molar-refractivity contribution in [2.75, 3.05) is 20.1 Å². The molecule has 0 bridgehead atoms. The molecule has 0 aromatic carbocycles. The van der Waals surface area contributed by atoms with Crippen LogP contribution < -0.4 is 5.32 Å². The third-order valence-corrected chi connectivity index (χ3v) is 6.10. The van der Waals surface area contributed by atoms with E-state index in [0.29, 0.717) is 13.1 Å². The first kappa shape index (κ1) is 15.5. The third kappa shape index (κ3) is 2.75. The van der Waals surface area contributed by atoms with E-state index in [4.69, 9.17) is 0 Å². The van der Waals surface area contributed by atoms with Crippen molar-refractivity contribution < 1.29 is 8.42 Å². The van der Waals surface area contributed by atoms with E-state index >= 15 is 0 Å². The van der Waals surface area contributed by atoms with Gasteiger partial charge in [-0.25, -0.2) is 13.4 Å². The smallest absolute Gasteiger partial charge is 0.262 e. The van der Waals surface area contributed by atoms with Crippen LogP contribution in [0.5, 0.6) is 0 Å². The predicted molar refractivity (Wildman–Crippen MR) is 78.1 cm³/mol. The number of aromatic nitrogens is 2. The van der Waals surface area contributed by atoms with Crippen LogP contribution in [-0.4, -0.2) is 48.0 Å². The zero-order valence-corrected chi connectivity index (χ0v) is 13.5. The van der Waals surface area contributed by atoms with Crippen molar-refractivity contribution in [3.63, 3.8) is 0 Å². The Labute approximate surface area is 121 Å². The minimum atomic E-state index is -3.46. The van der Waals surface area contributed by atoms with Gasteiger partial charge in [0, 0.05) is 31.4 Å². The lowest BCUT2D eigenvalue weighted by atomic mass is 9.91. The predicted octanol–water partition coefficient (Wildman–Crippen LogP) is 0.974. The van der Waals surface area contributed by atoms with Crippen molar-refractivity contribution in [2.24, 2.45) is 0 Å². The van der Waals surface area contributed by atoms with Crippen LogP contribution in [0.2, 0.25) is 0 Å². The van der Waals surface area contributed by atoms with Crippen molar-refractivity contribution >= 4 is 10.0 Å². The van der Waals surface area contributed by atoms with Crippen molar-refractivity contribution in [1.29, 1.82) is 0 Å². The molecule has 1 aliphatic rings. The molecule has 0 atom stereocenters. The van der Waals surface area contributed by atoms with Gasteiger partial charge in [0.15, 0.2) is 5.03 Å². The SMILES string of the molecule is CCn1cc(S(=O)(=O)N2CCC(C)(NC)CC2)nc1C. The highest BCUT2D eigenvalue weighted by atomic mass is 32.2. The number of nitrogens with one attached hydrogen (secondary N) is 1. The fourth-order valence-corrected chi connectivity index (χ4v) is 3.96. The Balaban J connectivity index is 2.19. The van der Waals surface area contributed by atoms with Crippen LogP contribution in [0.15, 0.2) is 11.2 Å². The van der Waals surface area contributed by atoms with Gasteiger partial charge in [0.25, 0.3) is 10.0 Å². The molecule has 0 unspecified atom stereocenters. The number of rotatable bonds is 4. The number of imidazole rings is 1. The summed E-state index contributed by atoms with van der Waals surface area (Å²) in [5, 5.41) is 3.44. The molecule has 2 heterocycles. The highest BCUT2D eigenvalue weighted by Gasteiger charge is 2.35. The second-order valence-electron chi connectivity index (χ2n) is 5.63. The van der Waals surface area contributed by atoms with Gasteiger partial charge in [-0.15, -0.1) is 0 Å². The van der Waals surface area contributed by atoms with Crippen LogP contribution in [0.4, 0.5) is 0 Å². The molecule has 20 heavy (non-hydrogen) atoms. The van der Waals surface area contributed by atoms with Gasteiger partial charge in [0.1, 0.15) is 5.82 Å². The van der Waals surface area contributed by atoms with E-state index in [1.54, 1.807) is 10.5 Å². The molecule has 1 fully saturated rings. The fraction of sp³-hybridized carbons (Fsp3) is 0.769. The first-order valence-corrected chi connectivity index (χ1v) is 8.49. The molecule has 1 aliphatic heterocycles. The molecule has 2 rings (SSSR count). The lowest BCUT2D eigenvalue weighted by Crippen LogP contribution is -2.51. The summed E-state index contributed by atoms with van der Waals surface area (Å²) in [6.45, 7) is 7.75. The molecule has 6 nitrogen and oxygen atoms in total. The largest absolute Gasteiger partial charge is 0.334 e. The summed E-state index contributed by atoms with van der Waals surface area (Å²) in [6, 6.07) is 0. The van der Waals surface area contributed by atoms with Gasteiger partial charge in [-0.1, -0.05) is 0 Å². The molecule has 0 aliphatic carbocycles. The Morgan fingerprint density at radius 2 is 2.00 bits per heavy atom. The molecule has 0 saturated carbocycles. The average Bonchev–Trinajstić information content (AvgIpc) is 2.81. The van der Waals surface area contributed by atoms with E-state index in [1.807, 2.05) is 25.5 Å². The molecule has 114 valence electrons. The van der Waals surface area contributed by atoms with E-state index in [1.165, 1.54) is 0 Å². The Bertz CT molecular complexity index is 571. The minimum Gasteiger partial charge on any atom is -0.334 e. The molecule has 0 spiro atoms. The van der Waals surface area contributed by atoms with E-state index in [2.05, 4.69) is 17.2 Å². The lowest BCUT2D eigenvalue weighted by molar-refractivity contribution is 0.219. The van der Waals surface area contributed by atoms with Crippen LogP contribution in [0.25, 0.3) is 0 Å². The van der Waals surface area contributed by atoms with Crippen molar-refractivity contribution in [1.82, 2.24) is 19.2 Å². The Morgan fingerprint density at radius 1 is 1.40 bits per heavy atom. The third-order valence-electron chi connectivity index (χ3n) is 4.33. The maximum Gasteiger partial charge on any atom is 0.262 e. The van der Waals surface area contributed by atoms with Gasteiger partial charge >= 0.3 is 0 Å². The Kier molecular flexibility index (Phi) is 4.22. The molecular formula is C13H24N4O2S. The molecule has 0 radical (unpaired) electrons. The topological polar surface area (TPSA) is 67.2 Å². The normalized spacial score (nSPS) is 20.2. The van der Waals surface area contributed by atoms with Crippen LogP contribution in [0, 0.1) is 6.92 Å². The van der Waals surface area contributed by atoms with E-state index in [0.717, 1.165) is 25.2 Å². The second kappa shape index (κ2) is 5.46. The summed E-state index contributed by atoms with van der Waals surface area (Å²) < 4.78 is 28.6. The van der Waals surface area contributed by atoms with Crippen LogP contribution >= 0.6 is 0 Å². The molecular weight excluding hydrogens is 276 g/mol. The fourth-order valence-electron chi connectivity index (χ4n) is 2.53. The van der Waals surface area contributed by atoms with Gasteiger partial charge in [-0.3, -0.25) is 0 Å². The van der Waals surface area contributed by atoms with Gasteiger partial charge in [-0.05, 0) is 40.7 Å². The average molecular weight is 300 g/mol. The summed E-state index contributed by atoms with van der Waals surface area (Å²) >= 11 is 0. The van der Waals surface area contributed by atoms with Gasteiger partial charge in [0.2, 0.25) is 0 Å². The zero-order valence-electron chi connectivity index (χ0n) is 12.7. The van der Waals surface area contributed by atoms with Crippen molar-refractivity contribution in [3.8, 4) is 0 Å². The van der Waals surface area contributed by atoms with E-state index < -0.39 is 10.0 Å². The van der Waals surface area contributed by atoms with Gasteiger partial charge < -0.3 is 9.88 Å². The van der Waals surface area contributed by atoms with Crippen LogP contribution in [0.1, 0.15) is 32.5 Å². The second-order valence-corrected chi connectivity index (χ2v) is 7.51. The number of aryl methyl sites for hydroxylation is 2. The van der Waals surface area contributed by atoms with E-state index in [-0.39, 0.29) is 10.6 Å². The maximum absolute atomic E-state index is 12.6. The molecule has 7 heteroatoms. The summed E-state index contributed by atoms with van der Waals surface area (Å²) in [5.41, 5.74) is 0.0325. The van der Waals surface area contributed by atoms with E-state index in [9.17, 15) is 8.42 Å². The highest BCUT2D eigenvalue weighted by Crippen LogP contribution is 2.25. The quantitative estimate of drug-likeness (QED) is 0.900. The maximum atomic E-state index is 12.6. The van der Waals surface area contributed by atoms with Crippen LogP contribution in [0.3, 0.4) is 0 Å². The first-order valence-electron chi connectivity index (χ1n) is 7.05. The molecule has 1 N–H and O–H groups in total. The lowest BCUT2D eigenvalue weighted by Gasteiger charge is -2.38. The summed E-state index contributed by atoms with van der Waals surface area (Å²) in [7, 11) is -1.53. The number of sulfonamides is 1. The first-order chi connectivity index (χ1) is 9.32. The standard InChI is InChI=1S/C13H24N4O2S/c1-5-16-10-12(15-11(16)2)20(18,19)17-8-6-13(3,14-4)7-9-17/h10,14H,5-9H2,1-4H3. The summed E-state index contributed by atoms with van der Waals surface area (Å²) in [5.74, 6) is 0.739. The molecule has 0 amide bonds. The minimum absolute atomic E-state index is 0.0325. The van der Waals surface area contributed by atoms with Gasteiger partial charge in [-0.2, -0.15) is 4.31 Å². The Hall–Kier alpha value is -0.920. The number of hydrogen-bond donors (Lipinski definition) is 1. The number of piperidine rings is 1. The van der Waals surface area contributed by atoms with Crippen LogP contribution in [-0.2, 0) is 16.6 Å². The zero-order chi connectivity index (χ0) is 15.0.